The van der Waals surface area contributed by atoms with Crippen molar-refractivity contribution in [1.29, 1.82) is 0 Å². The molecule has 2 unspecified atom stereocenters. The van der Waals surface area contributed by atoms with E-state index in [0.29, 0.717) is 61.7 Å². The summed E-state index contributed by atoms with van der Waals surface area (Å²) >= 11 is 0. The lowest BCUT2D eigenvalue weighted by Crippen LogP contribution is -2.59. The molecule has 4 saturated heterocycles. The summed E-state index contributed by atoms with van der Waals surface area (Å²) in [6, 6.07) is 0. The highest BCUT2D eigenvalue weighted by Crippen LogP contribution is 2.72. The van der Waals surface area contributed by atoms with E-state index in [-0.39, 0.29) is 91.7 Å². The van der Waals surface area contributed by atoms with Crippen molar-refractivity contribution >= 4 is 47.0 Å². The molecule has 74 heavy (non-hydrogen) atoms. The summed E-state index contributed by atoms with van der Waals surface area (Å²) in [5, 5.41) is 26.8. The first-order valence-corrected chi connectivity index (χ1v) is 27.3. The third-order valence-electron chi connectivity index (χ3n) is 22.9. The topological polar surface area (TPSA) is 214 Å². The number of carbonyl (C=O) groups excluding carboxylic acids is 8. The number of Topliss-reactive ketones (excluding diaryl/α,β-unsaturated/α-hetero) is 4. The van der Waals surface area contributed by atoms with Crippen LogP contribution < -0.4 is 0 Å². The van der Waals surface area contributed by atoms with Gasteiger partial charge in [-0.25, -0.2) is 19.2 Å². The lowest BCUT2D eigenvalue weighted by atomic mass is 9.50. The van der Waals surface area contributed by atoms with Crippen LogP contribution in [0.2, 0.25) is 0 Å². The monoisotopic (exact) mass is 1010 g/mol. The average Bonchev–Trinajstić information content (AvgIpc) is 4.21. The summed E-state index contributed by atoms with van der Waals surface area (Å²) in [5.41, 5.74) is -1.60. The third kappa shape index (κ3) is 6.12. The van der Waals surface area contributed by atoms with E-state index < -0.39 is 154 Å². The van der Waals surface area contributed by atoms with Crippen molar-refractivity contribution in [2.24, 2.45) is 100 Å². The highest BCUT2D eigenvalue weighted by Gasteiger charge is 2.78. The molecule has 13 fully saturated rings. The van der Waals surface area contributed by atoms with Crippen LogP contribution in [0.15, 0.2) is 85.1 Å². The second-order valence-electron chi connectivity index (χ2n) is 25.3. The Labute approximate surface area is 430 Å². The lowest BCUT2D eigenvalue weighted by Gasteiger charge is -2.54. The van der Waals surface area contributed by atoms with Crippen molar-refractivity contribution in [2.45, 2.75) is 132 Å². The average molecular weight is 1010 g/mol. The minimum Gasteiger partial charge on any atom is -0.458 e. The lowest BCUT2D eigenvalue weighted by molar-refractivity contribution is -0.177. The zero-order valence-electron chi connectivity index (χ0n) is 41.9. The fourth-order valence-electron chi connectivity index (χ4n) is 19.5. The van der Waals surface area contributed by atoms with Crippen molar-refractivity contribution in [3.8, 4) is 0 Å². The van der Waals surface area contributed by atoms with E-state index in [2.05, 4.69) is 46.1 Å². The molecule has 0 aromatic carbocycles. The largest absolute Gasteiger partial charge is 0.458 e. The van der Waals surface area contributed by atoms with Gasteiger partial charge < -0.3 is 29.2 Å². The summed E-state index contributed by atoms with van der Waals surface area (Å²) in [5.74, 6) is -14.8. The molecular formula is C60H66O14. The van der Waals surface area contributed by atoms with Crippen molar-refractivity contribution < 1.29 is 67.5 Å². The first-order valence-electron chi connectivity index (χ1n) is 27.3. The van der Waals surface area contributed by atoms with Gasteiger partial charge in [-0.1, -0.05) is 62.8 Å². The van der Waals surface area contributed by atoms with E-state index in [4.69, 9.17) is 18.9 Å². The molecule has 4 aliphatic heterocycles. The van der Waals surface area contributed by atoms with Gasteiger partial charge in [0.1, 0.15) is 47.4 Å². The molecule has 13 aliphatic rings. The van der Waals surface area contributed by atoms with Gasteiger partial charge in [0.2, 0.25) is 0 Å². The molecule has 13 rings (SSSR count). The highest BCUT2D eigenvalue weighted by molar-refractivity contribution is 6.01. The summed E-state index contributed by atoms with van der Waals surface area (Å²) < 4.78 is 24.6. The normalized spacial score (nSPS) is 50.0. The van der Waals surface area contributed by atoms with Crippen LogP contribution in [0.5, 0.6) is 0 Å². The Kier molecular flexibility index (Phi) is 10.5. The SMILES string of the molecule is C=C1CC[C@H]2C(=C)C(=O)O[C@@H]2[C@@H]2[C@H]1[C@@H](C[C@@H]1C(=O)C3C4[C@H]1[C@H]1OC(=O)C(=C)[C@@H]1CC[C@@]4(O)CC[C@]31C(=O)C[C@H]3C(=C)CC[C@H]4C(=C)C(=O)O[C@@H]4[C@H]31)C(=O)[C@@]2(O)CC[C@@H]1C(=O)C[C@H]2C(=C)CC[C@H]3C(=C)C(=O)O[C@@H]3[C@@H]12. The number of fused-ring (bicyclic) bond motifs is 13. The minimum atomic E-state index is -2.22. The molecule has 390 valence electrons. The molecule has 0 radical (unpaired) electrons. The maximum atomic E-state index is 16.4. The minimum absolute atomic E-state index is 0.0408. The predicted octanol–water partition coefficient (Wildman–Crippen LogP) is 6.14. The van der Waals surface area contributed by atoms with E-state index >= 15 is 14.4 Å². The van der Waals surface area contributed by atoms with Gasteiger partial charge in [-0.05, 0) is 101 Å². The van der Waals surface area contributed by atoms with Crippen LogP contribution in [0.25, 0.3) is 0 Å². The molecule has 9 aliphatic carbocycles. The molecule has 0 amide bonds. The van der Waals surface area contributed by atoms with Crippen molar-refractivity contribution in [2.75, 3.05) is 0 Å². The zero-order valence-corrected chi connectivity index (χ0v) is 41.9. The van der Waals surface area contributed by atoms with Crippen LogP contribution >= 0.6 is 0 Å². The molecule has 9 saturated carbocycles. The Morgan fingerprint density at radius 3 is 1.62 bits per heavy atom. The molecule has 23 atom stereocenters. The van der Waals surface area contributed by atoms with Gasteiger partial charge in [-0.15, -0.1) is 0 Å². The van der Waals surface area contributed by atoms with Crippen LogP contribution in [0.3, 0.4) is 0 Å². The van der Waals surface area contributed by atoms with E-state index in [1.165, 1.54) is 0 Å². The highest BCUT2D eigenvalue weighted by atomic mass is 16.6. The molecule has 0 aromatic rings. The first kappa shape index (κ1) is 48.3. The zero-order chi connectivity index (χ0) is 52.1. The number of carbonyl (C=O) groups is 8. The molecule has 0 aromatic heterocycles. The maximum Gasteiger partial charge on any atom is 0.334 e. The van der Waals surface area contributed by atoms with E-state index in [9.17, 15) is 34.2 Å². The fourth-order valence-corrected chi connectivity index (χ4v) is 19.5. The second kappa shape index (κ2) is 16.1. The number of rotatable bonds is 5. The summed E-state index contributed by atoms with van der Waals surface area (Å²) in [6.45, 7) is 29.7. The van der Waals surface area contributed by atoms with E-state index in [1.807, 2.05) is 0 Å². The molecule has 1 spiro atoms. The standard InChI is InChI=1S/C60H66O14/c1-23-8-11-30-26(4)54(65)71-49(30)42-34(39(61)21-35(23)42)15-17-60(70)46-41(25(3)10-13-32-28(6)57(68)74-52(32)46)38(53(60)64)20-37-43-45-47(48(37)63)59(19-18-58(45,69)16-14-33-29(7)55(66)72-50(33)43)40(62)22-36-24(2)9-12-31-27(5)56(67)73-51(31)44(36)59/h30-38,41-47,49-52,69-70H,1-22H2/t30-,31-,32-,33-,34+,35-,36-,37-,38+,41+,42-,43-,44-,45?,46-,47?,49-,50-,51-,52-,58+,59+,60+/m0/s1. The quantitative estimate of drug-likeness (QED) is 0.137. The summed E-state index contributed by atoms with van der Waals surface area (Å²) in [7, 11) is 0. The van der Waals surface area contributed by atoms with Crippen LogP contribution in [-0.2, 0) is 57.3 Å². The number of ketones is 4. The number of hydrogen-bond donors (Lipinski definition) is 2. The van der Waals surface area contributed by atoms with Gasteiger partial charge in [-0.2, -0.15) is 0 Å². The summed E-state index contributed by atoms with van der Waals surface area (Å²) in [4.78, 5) is 116. The number of aliphatic hydroxyl groups is 2. The Balaban J connectivity index is 0.917. The first-order chi connectivity index (χ1) is 35.1. The molecule has 2 N–H and O–H groups in total. The van der Waals surface area contributed by atoms with Crippen LogP contribution in [-0.4, -0.2) is 92.8 Å². The number of ether oxygens (including phenoxy) is 4. The predicted molar refractivity (Wildman–Crippen MR) is 261 cm³/mol. The van der Waals surface area contributed by atoms with Crippen LogP contribution in [0, 0.1) is 100 Å². The van der Waals surface area contributed by atoms with Gasteiger partial charge in [0.25, 0.3) is 0 Å². The number of esters is 4. The van der Waals surface area contributed by atoms with Crippen molar-refractivity contribution in [1.82, 2.24) is 0 Å². The molecule has 4 heterocycles. The van der Waals surface area contributed by atoms with Gasteiger partial charge in [0.05, 0.1) is 5.60 Å². The fraction of sp³-hybridized carbons (Fsp3) is 0.633. The second-order valence-corrected chi connectivity index (χ2v) is 25.3. The van der Waals surface area contributed by atoms with Gasteiger partial charge >= 0.3 is 23.9 Å². The van der Waals surface area contributed by atoms with Gasteiger partial charge in [0.15, 0.2) is 5.78 Å². The Hall–Kier alpha value is -5.34. The third-order valence-corrected chi connectivity index (χ3v) is 22.9. The van der Waals surface area contributed by atoms with E-state index in [1.54, 1.807) is 0 Å². The van der Waals surface area contributed by atoms with Gasteiger partial charge in [0, 0.05) is 117 Å². The smallest absolute Gasteiger partial charge is 0.334 e. The van der Waals surface area contributed by atoms with Crippen LogP contribution in [0.1, 0.15) is 96.3 Å². The van der Waals surface area contributed by atoms with Crippen LogP contribution in [0.4, 0.5) is 0 Å². The molecule has 0 bridgehead atoms. The number of allylic oxidation sites excluding steroid dienone is 3. The summed E-state index contributed by atoms with van der Waals surface area (Å²) in [6.07, 6.45) is 0.522. The van der Waals surface area contributed by atoms with Crippen molar-refractivity contribution in [3.63, 3.8) is 0 Å². The van der Waals surface area contributed by atoms with Gasteiger partial charge in [-0.3, -0.25) is 19.2 Å². The Morgan fingerprint density at radius 1 is 0.500 bits per heavy atom. The molecular weight excluding hydrogens is 945 g/mol. The van der Waals surface area contributed by atoms with E-state index in [0.717, 1.165) is 11.1 Å². The molecule has 14 heteroatoms. The maximum absolute atomic E-state index is 16.4. The van der Waals surface area contributed by atoms with Crippen molar-refractivity contribution in [3.05, 3.63) is 85.1 Å². The molecule has 14 nitrogen and oxygen atoms in total. The Bertz CT molecular complexity index is 2810. The number of hydrogen-bond acceptors (Lipinski definition) is 14. The Morgan fingerprint density at radius 2 is 1.01 bits per heavy atom.